The number of thiophene rings is 1. The molecule has 0 bridgehead atoms. The summed E-state index contributed by atoms with van der Waals surface area (Å²) in [6, 6.07) is 0. The molecule has 2 aromatic rings. The van der Waals surface area contributed by atoms with Crippen molar-refractivity contribution in [1.82, 2.24) is 4.90 Å². The molecule has 0 fully saturated rings. The fourth-order valence-electron chi connectivity index (χ4n) is 2.17. The third kappa shape index (κ3) is 2.46. The Kier molecular flexibility index (Phi) is 4.19. The van der Waals surface area contributed by atoms with Gasteiger partial charge in [0.2, 0.25) is 0 Å². The number of amides is 1. The Morgan fingerprint density at radius 2 is 2.14 bits per heavy atom. The topological polar surface area (TPSA) is 20.3 Å². The van der Waals surface area contributed by atoms with E-state index in [0.29, 0.717) is 6.54 Å². The standard InChI is InChI=1S/C15H7Br2NOSSe/c1-3-4-5-6-8(2)18-7-9-10-12(14(17)21-13(10)16)20-11(9)15(18)19/h1,7H2,2H3. The quantitative estimate of drug-likeness (QED) is 0.425. The summed E-state index contributed by atoms with van der Waals surface area (Å²) in [7, 11) is 0. The molecule has 0 saturated heterocycles. The van der Waals surface area contributed by atoms with Gasteiger partial charge in [-0.25, -0.2) is 0 Å². The first-order chi connectivity index (χ1) is 10.0. The van der Waals surface area contributed by atoms with Gasteiger partial charge in [-0.05, 0) is 0 Å². The Balaban J connectivity index is 2.14. The van der Waals surface area contributed by atoms with Crippen molar-refractivity contribution in [1.29, 1.82) is 0 Å². The molecule has 1 aliphatic heterocycles. The zero-order valence-electron chi connectivity index (χ0n) is 10.8. The zero-order chi connectivity index (χ0) is 15.1. The van der Waals surface area contributed by atoms with E-state index in [1.54, 1.807) is 16.2 Å². The van der Waals surface area contributed by atoms with Crippen LogP contribution in [0.5, 0.6) is 0 Å². The number of rotatable bonds is 1. The van der Waals surface area contributed by atoms with Crippen molar-refractivity contribution in [3.8, 4) is 0 Å². The van der Waals surface area contributed by atoms with E-state index in [2.05, 4.69) is 61.4 Å². The summed E-state index contributed by atoms with van der Waals surface area (Å²) in [5.74, 6) is 0.0342. The van der Waals surface area contributed by atoms with Crippen molar-refractivity contribution in [2.75, 3.05) is 0 Å². The predicted molar refractivity (Wildman–Crippen MR) is 92.9 cm³/mol. The van der Waals surface area contributed by atoms with Gasteiger partial charge in [-0.2, -0.15) is 0 Å². The molecule has 0 atom stereocenters. The van der Waals surface area contributed by atoms with Gasteiger partial charge in [0.25, 0.3) is 0 Å². The van der Waals surface area contributed by atoms with Crippen LogP contribution in [0.4, 0.5) is 0 Å². The molecule has 2 aromatic heterocycles. The van der Waals surface area contributed by atoms with Crippen LogP contribution in [0.2, 0.25) is 0 Å². The van der Waals surface area contributed by atoms with Crippen LogP contribution in [0.3, 0.4) is 0 Å². The number of hydrogen-bond donors (Lipinski definition) is 0. The summed E-state index contributed by atoms with van der Waals surface area (Å²) in [6.45, 7) is 5.84. The van der Waals surface area contributed by atoms with E-state index in [1.165, 1.54) is 16.8 Å². The molecule has 0 aromatic carbocycles. The van der Waals surface area contributed by atoms with E-state index in [-0.39, 0.29) is 20.4 Å². The number of allylic oxidation sites excluding steroid dienone is 1. The van der Waals surface area contributed by atoms with Crippen molar-refractivity contribution in [2.24, 2.45) is 0 Å². The number of carbonyl (C=O) groups excluding carboxylic acids is 1. The molecule has 3 heterocycles. The van der Waals surface area contributed by atoms with E-state index < -0.39 is 0 Å². The van der Waals surface area contributed by atoms with Gasteiger partial charge in [-0.15, -0.1) is 0 Å². The molecule has 2 nitrogen and oxygen atoms in total. The zero-order valence-corrected chi connectivity index (χ0v) is 16.5. The van der Waals surface area contributed by atoms with Gasteiger partial charge in [0, 0.05) is 0 Å². The number of hydrogen-bond acceptors (Lipinski definition) is 2. The first kappa shape index (κ1) is 15.2. The van der Waals surface area contributed by atoms with Crippen molar-refractivity contribution in [2.45, 2.75) is 13.5 Å². The van der Waals surface area contributed by atoms with E-state index in [9.17, 15) is 4.79 Å². The predicted octanol–water partition coefficient (Wildman–Crippen LogP) is 4.59. The van der Waals surface area contributed by atoms with Crippen LogP contribution in [0.1, 0.15) is 22.2 Å². The molecule has 1 amide bonds. The molecule has 1 aliphatic rings. The Bertz CT molecular complexity index is 944. The monoisotopic (exact) mass is 487 g/mol. The average molecular weight is 488 g/mol. The Morgan fingerprint density at radius 1 is 1.38 bits per heavy atom. The fraction of sp³-hybridized carbons (Fsp3) is 0.133. The van der Waals surface area contributed by atoms with E-state index in [1.807, 2.05) is 6.92 Å². The van der Waals surface area contributed by atoms with Gasteiger partial charge in [0.1, 0.15) is 0 Å². The molecule has 6 heteroatoms. The van der Waals surface area contributed by atoms with Crippen LogP contribution in [-0.2, 0) is 6.54 Å². The number of carbonyl (C=O) groups is 1. The molecule has 0 unspecified atom stereocenters. The number of fused-ring (bicyclic) bond motifs is 3. The second-order valence-electron chi connectivity index (χ2n) is 4.29. The van der Waals surface area contributed by atoms with Crippen LogP contribution in [-0.4, -0.2) is 25.3 Å². The van der Waals surface area contributed by atoms with E-state index in [0.717, 1.165) is 16.1 Å². The molecule has 0 saturated carbocycles. The van der Waals surface area contributed by atoms with E-state index >= 15 is 0 Å². The van der Waals surface area contributed by atoms with Crippen molar-refractivity contribution < 1.29 is 4.79 Å². The Morgan fingerprint density at radius 3 is 2.86 bits per heavy atom. The van der Waals surface area contributed by atoms with Gasteiger partial charge < -0.3 is 0 Å². The molecular formula is C15H7Br2NOSSe. The van der Waals surface area contributed by atoms with Crippen LogP contribution >= 0.6 is 43.2 Å². The summed E-state index contributed by atoms with van der Waals surface area (Å²) >= 11 is 9.12. The summed E-state index contributed by atoms with van der Waals surface area (Å²) < 4.78 is 3.61. The fourth-order valence-corrected chi connectivity index (χ4v) is 9.14. The summed E-state index contributed by atoms with van der Waals surface area (Å²) in [4.78, 5) is 15.1. The maximum absolute atomic E-state index is 12.5. The Labute approximate surface area is 148 Å². The summed E-state index contributed by atoms with van der Waals surface area (Å²) in [5.41, 5.74) is 12.5. The van der Waals surface area contributed by atoms with Gasteiger partial charge >= 0.3 is 149 Å². The van der Waals surface area contributed by atoms with Gasteiger partial charge in [-0.3, -0.25) is 0 Å². The van der Waals surface area contributed by atoms with Crippen LogP contribution < -0.4 is 0 Å². The van der Waals surface area contributed by atoms with Gasteiger partial charge in [0.15, 0.2) is 0 Å². The SMILES string of the molecule is C=C=C=C=C=C(C)N1Cc2c(sc3c(Br)[se]c(Br)c23)C1=O. The minimum absolute atomic E-state index is 0.0342. The van der Waals surface area contributed by atoms with E-state index in [4.69, 9.17) is 0 Å². The number of nitrogens with zero attached hydrogens (tertiary/aromatic N) is 1. The molecule has 0 radical (unpaired) electrons. The molecule has 3 rings (SSSR count). The molecule has 0 N–H and O–H groups in total. The molecule has 0 aliphatic carbocycles. The van der Waals surface area contributed by atoms with Gasteiger partial charge in [0.05, 0.1) is 0 Å². The van der Waals surface area contributed by atoms with Crippen LogP contribution in [0, 0.1) is 0 Å². The summed E-state index contributed by atoms with van der Waals surface area (Å²) in [5, 5.41) is 1.20. The summed E-state index contributed by atoms with van der Waals surface area (Å²) in [6.07, 6.45) is 0. The third-order valence-corrected chi connectivity index (χ3v) is 8.99. The first-order valence-corrected chi connectivity index (χ1v) is 9.98. The average Bonchev–Trinajstić information content (AvgIpc) is 3.04. The van der Waals surface area contributed by atoms with Crippen molar-refractivity contribution >= 4 is 73.7 Å². The molecule has 0 spiro atoms. The second-order valence-corrected chi connectivity index (χ2v) is 11.4. The molecular weight excluding hydrogens is 481 g/mol. The van der Waals surface area contributed by atoms with Crippen LogP contribution in [0.15, 0.2) is 41.9 Å². The third-order valence-electron chi connectivity index (χ3n) is 3.12. The number of halogens is 2. The Hall–Kier alpha value is -0.751. The van der Waals surface area contributed by atoms with Gasteiger partial charge in [-0.1, -0.05) is 0 Å². The van der Waals surface area contributed by atoms with Crippen LogP contribution in [0.25, 0.3) is 10.1 Å². The normalized spacial score (nSPS) is 12.7. The maximum atomic E-state index is 12.5. The minimum atomic E-state index is 0.0342. The molecule has 104 valence electrons. The second kappa shape index (κ2) is 5.80. The first-order valence-electron chi connectivity index (χ1n) is 5.87. The van der Waals surface area contributed by atoms with Crippen molar-refractivity contribution in [3.63, 3.8) is 0 Å². The molecule has 21 heavy (non-hydrogen) atoms. The van der Waals surface area contributed by atoms with Crippen molar-refractivity contribution in [3.05, 3.63) is 52.3 Å².